The normalized spacial score (nSPS) is 10.5. The minimum absolute atomic E-state index is 0.0301. The van der Waals surface area contributed by atoms with Crippen molar-refractivity contribution in [3.63, 3.8) is 0 Å². The molecule has 98 valence electrons. The SMILES string of the molecule is O=C(Cc1ccc(Br)cc1F)c1ccc(F)cc1Cl. The van der Waals surface area contributed by atoms with E-state index in [1.54, 1.807) is 6.07 Å². The highest BCUT2D eigenvalue weighted by molar-refractivity contribution is 9.10. The van der Waals surface area contributed by atoms with Crippen LogP contribution in [0.25, 0.3) is 0 Å². The predicted molar refractivity (Wildman–Crippen MR) is 73.5 cm³/mol. The molecule has 0 heterocycles. The number of carbonyl (C=O) groups excluding carboxylic acids is 1. The molecule has 0 spiro atoms. The monoisotopic (exact) mass is 344 g/mol. The molecule has 0 atom stereocenters. The third-order valence-corrected chi connectivity index (χ3v) is 3.40. The fourth-order valence-corrected chi connectivity index (χ4v) is 2.25. The molecule has 19 heavy (non-hydrogen) atoms. The molecule has 0 amide bonds. The zero-order valence-corrected chi connectivity index (χ0v) is 11.9. The van der Waals surface area contributed by atoms with E-state index in [9.17, 15) is 13.6 Å². The molecular weight excluding hydrogens is 338 g/mol. The van der Waals surface area contributed by atoms with Crippen molar-refractivity contribution < 1.29 is 13.6 Å². The van der Waals surface area contributed by atoms with Gasteiger partial charge in [0.05, 0.1) is 5.02 Å². The van der Waals surface area contributed by atoms with E-state index in [2.05, 4.69) is 15.9 Å². The highest BCUT2D eigenvalue weighted by Crippen LogP contribution is 2.21. The van der Waals surface area contributed by atoms with Gasteiger partial charge in [-0.3, -0.25) is 4.79 Å². The van der Waals surface area contributed by atoms with Crippen molar-refractivity contribution in [3.05, 3.63) is 68.7 Å². The van der Waals surface area contributed by atoms with Gasteiger partial charge in [-0.2, -0.15) is 0 Å². The highest BCUT2D eigenvalue weighted by Gasteiger charge is 2.14. The van der Waals surface area contributed by atoms with Crippen LogP contribution in [0, 0.1) is 11.6 Å². The first-order valence-corrected chi connectivity index (χ1v) is 6.56. The second-order valence-electron chi connectivity index (χ2n) is 3.96. The van der Waals surface area contributed by atoms with Gasteiger partial charge >= 0.3 is 0 Å². The molecule has 0 aromatic heterocycles. The van der Waals surface area contributed by atoms with Gasteiger partial charge in [-0.1, -0.05) is 33.6 Å². The van der Waals surface area contributed by atoms with Gasteiger partial charge in [-0.25, -0.2) is 8.78 Å². The van der Waals surface area contributed by atoms with E-state index in [1.807, 2.05) is 0 Å². The van der Waals surface area contributed by atoms with Crippen molar-refractivity contribution in [2.75, 3.05) is 0 Å². The summed E-state index contributed by atoms with van der Waals surface area (Å²) in [6, 6.07) is 7.97. The average Bonchev–Trinajstić information content (AvgIpc) is 2.32. The van der Waals surface area contributed by atoms with E-state index in [0.29, 0.717) is 4.47 Å². The van der Waals surface area contributed by atoms with Crippen molar-refractivity contribution in [1.29, 1.82) is 0 Å². The van der Waals surface area contributed by atoms with Crippen LogP contribution in [0.5, 0.6) is 0 Å². The van der Waals surface area contributed by atoms with Crippen LogP contribution in [0.2, 0.25) is 5.02 Å². The van der Waals surface area contributed by atoms with Crippen molar-refractivity contribution >= 4 is 33.3 Å². The summed E-state index contributed by atoms with van der Waals surface area (Å²) >= 11 is 8.93. The molecule has 0 saturated carbocycles. The number of halogens is 4. The van der Waals surface area contributed by atoms with Crippen LogP contribution in [0.15, 0.2) is 40.9 Å². The molecule has 0 aliphatic rings. The smallest absolute Gasteiger partial charge is 0.168 e. The molecule has 0 N–H and O–H groups in total. The van der Waals surface area contributed by atoms with Crippen LogP contribution < -0.4 is 0 Å². The minimum Gasteiger partial charge on any atom is -0.294 e. The number of rotatable bonds is 3. The number of ketones is 1. The molecule has 0 radical (unpaired) electrons. The Bertz CT molecular complexity index is 643. The third kappa shape index (κ3) is 3.39. The Morgan fingerprint density at radius 3 is 2.53 bits per heavy atom. The Morgan fingerprint density at radius 1 is 1.16 bits per heavy atom. The summed E-state index contributed by atoms with van der Waals surface area (Å²) in [6.45, 7) is 0. The van der Waals surface area contributed by atoms with E-state index < -0.39 is 11.6 Å². The summed E-state index contributed by atoms with van der Waals surface area (Å²) < 4.78 is 27.1. The van der Waals surface area contributed by atoms with E-state index in [0.717, 1.165) is 12.1 Å². The Hall–Kier alpha value is -1.26. The fraction of sp³-hybridized carbons (Fsp3) is 0.0714. The largest absolute Gasteiger partial charge is 0.294 e. The molecule has 1 nitrogen and oxygen atoms in total. The molecule has 2 aromatic carbocycles. The number of hydrogen-bond donors (Lipinski definition) is 0. The van der Waals surface area contributed by atoms with Crippen LogP contribution in [-0.4, -0.2) is 5.78 Å². The second-order valence-corrected chi connectivity index (χ2v) is 5.28. The average molecular weight is 346 g/mol. The molecule has 0 unspecified atom stereocenters. The molecule has 2 rings (SSSR count). The molecule has 0 aliphatic heterocycles. The summed E-state index contributed by atoms with van der Waals surface area (Å²) in [6.07, 6.45) is -0.121. The first-order chi connectivity index (χ1) is 8.97. The van der Waals surface area contributed by atoms with E-state index in [-0.39, 0.29) is 28.4 Å². The van der Waals surface area contributed by atoms with Gasteiger partial charge in [0, 0.05) is 16.5 Å². The molecular formula is C14H8BrClF2O. The number of Topliss-reactive ketones (excluding diaryl/α,β-unsaturated/α-hetero) is 1. The number of hydrogen-bond acceptors (Lipinski definition) is 1. The zero-order valence-electron chi connectivity index (χ0n) is 9.59. The Morgan fingerprint density at radius 2 is 1.89 bits per heavy atom. The van der Waals surface area contributed by atoms with Crippen LogP contribution in [0.1, 0.15) is 15.9 Å². The van der Waals surface area contributed by atoms with Gasteiger partial charge in [-0.05, 0) is 35.9 Å². The van der Waals surface area contributed by atoms with Crippen molar-refractivity contribution in [2.45, 2.75) is 6.42 Å². The standard InChI is InChI=1S/C14H8BrClF2O/c15-9-2-1-8(13(18)6-9)5-14(19)11-4-3-10(17)7-12(11)16/h1-4,6-7H,5H2. The molecule has 5 heteroatoms. The minimum atomic E-state index is -0.517. The van der Waals surface area contributed by atoms with Gasteiger partial charge in [-0.15, -0.1) is 0 Å². The lowest BCUT2D eigenvalue weighted by Gasteiger charge is -2.05. The van der Waals surface area contributed by atoms with Gasteiger partial charge in [0.1, 0.15) is 11.6 Å². The maximum atomic E-state index is 13.6. The van der Waals surface area contributed by atoms with Gasteiger partial charge < -0.3 is 0 Å². The Kier molecular flexibility index (Phi) is 4.32. The summed E-state index contributed by atoms with van der Waals surface area (Å²) in [7, 11) is 0. The van der Waals surface area contributed by atoms with Crippen LogP contribution in [0.3, 0.4) is 0 Å². The van der Waals surface area contributed by atoms with Crippen molar-refractivity contribution in [3.8, 4) is 0 Å². The lowest BCUT2D eigenvalue weighted by Crippen LogP contribution is -2.06. The molecule has 0 fully saturated rings. The summed E-state index contributed by atoms with van der Waals surface area (Å²) in [5.74, 6) is -1.34. The first kappa shape index (κ1) is 14.2. The van der Waals surface area contributed by atoms with Gasteiger partial charge in [0.25, 0.3) is 0 Å². The van der Waals surface area contributed by atoms with E-state index in [4.69, 9.17) is 11.6 Å². The molecule has 0 aliphatic carbocycles. The van der Waals surface area contributed by atoms with Gasteiger partial charge in [0.2, 0.25) is 0 Å². The number of carbonyl (C=O) groups is 1. The van der Waals surface area contributed by atoms with Crippen LogP contribution in [0.4, 0.5) is 8.78 Å². The summed E-state index contributed by atoms with van der Waals surface area (Å²) in [4.78, 5) is 12.0. The quantitative estimate of drug-likeness (QED) is 0.730. The maximum absolute atomic E-state index is 13.6. The zero-order chi connectivity index (χ0) is 14.0. The van der Waals surface area contributed by atoms with Crippen molar-refractivity contribution in [2.24, 2.45) is 0 Å². The van der Waals surface area contributed by atoms with E-state index >= 15 is 0 Å². The van der Waals surface area contributed by atoms with Crippen LogP contribution >= 0.6 is 27.5 Å². The maximum Gasteiger partial charge on any atom is 0.168 e. The van der Waals surface area contributed by atoms with Crippen molar-refractivity contribution in [1.82, 2.24) is 0 Å². The second kappa shape index (κ2) is 5.80. The van der Waals surface area contributed by atoms with E-state index in [1.165, 1.54) is 18.2 Å². The number of benzene rings is 2. The molecule has 2 aromatic rings. The van der Waals surface area contributed by atoms with Gasteiger partial charge in [0.15, 0.2) is 5.78 Å². The molecule has 0 saturated heterocycles. The topological polar surface area (TPSA) is 17.1 Å². The fourth-order valence-electron chi connectivity index (χ4n) is 1.65. The molecule has 0 bridgehead atoms. The van der Waals surface area contributed by atoms with Crippen LogP contribution in [-0.2, 0) is 6.42 Å². The summed E-state index contributed by atoms with van der Waals surface area (Å²) in [5, 5.41) is 0.0301. The first-order valence-electron chi connectivity index (χ1n) is 5.39. The lowest BCUT2D eigenvalue weighted by molar-refractivity contribution is 0.0992. The Balaban J connectivity index is 2.25. The third-order valence-electron chi connectivity index (χ3n) is 2.60. The lowest BCUT2D eigenvalue weighted by atomic mass is 10.0. The summed E-state index contributed by atoms with van der Waals surface area (Å²) in [5.41, 5.74) is 0.457. The predicted octanol–water partition coefficient (Wildman–Crippen LogP) is 4.81. The highest BCUT2D eigenvalue weighted by atomic mass is 79.9. The Labute approximate surface area is 122 Å².